The van der Waals surface area contributed by atoms with E-state index in [4.69, 9.17) is 4.74 Å². The van der Waals surface area contributed by atoms with Crippen molar-refractivity contribution < 1.29 is 23.2 Å². The monoisotopic (exact) mass is 366 g/mol. The first-order valence-electron chi connectivity index (χ1n) is 8.15. The fourth-order valence-electron chi connectivity index (χ4n) is 3.09. The van der Waals surface area contributed by atoms with Crippen molar-refractivity contribution in [1.82, 2.24) is 9.96 Å². The van der Waals surface area contributed by atoms with Crippen molar-refractivity contribution in [2.45, 2.75) is 30.8 Å². The zero-order valence-corrected chi connectivity index (χ0v) is 15.1. The van der Waals surface area contributed by atoms with E-state index >= 15 is 0 Å². The molecule has 1 aromatic rings. The molecule has 2 aliphatic heterocycles. The molecular weight excluding hydrogens is 344 g/mol. The molecule has 1 saturated heterocycles. The second-order valence-corrected chi connectivity index (χ2v) is 8.72. The van der Waals surface area contributed by atoms with Crippen molar-refractivity contribution in [3.05, 3.63) is 34.7 Å². The lowest BCUT2D eigenvalue weighted by molar-refractivity contribution is -0.116. The molecule has 0 unspecified atom stereocenters. The third kappa shape index (κ3) is 3.86. The lowest BCUT2D eigenvalue weighted by Crippen LogP contribution is -2.49. The first-order chi connectivity index (χ1) is 11.7. The van der Waals surface area contributed by atoms with Crippen LogP contribution in [0.2, 0.25) is 0 Å². The van der Waals surface area contributed by atoms with E-state index in [1.807, 2.05) is 6.07 Å². The van der Waals surface area contributed by atoms with Crippen molar-refractivity contribution in [2.24, 2.45) is 0 Å². The molecule has 8 heteroatoms. The highest BCUT2D eigenvalue weighted by Gasteiger charge is 2.31. The van der Waals surface area contributed by atoms with Gasteiger partial charge in [-0.3, -0.25) is 0 Å². The maximum absolute atomic E-state index is 12.3. The van der Waals surface area contributed by atoms with Crippen molar-refractivity contribution in [3.8, 4) is 0 Å². The molecule has 0 atom stereocenters. The van der Waals surface area contributed by atoms with Crippen molar-refractivity contribution >= 4 is 22.0 Å². The van der Waals surface area contributed by atoms with Gasteiger partial charge in [-0.05, 0) is 37.1 Å². The molecule has 136 valence electrons. The third-order valence-electron chi connectivity index (χ3n) is 4.37. The maximum atomic E-state index is 12.3. The van der Waals surface area contributed by atoms with Gasteiger partial charge in [0, 0.05) is 38.0 Å². The average molecular weight is 366 g/mol. The van der Waals surface area contributed by atoms with Gasteiger partial charge in [0.1, 0.15) is 5.60 Å². The zero-order chi connectivity index (χ0) is 18.2. The summed E-state index contributed by atoms with van der Waals surface area (Å²) in [5.41, 5.74) is 0.705. The SMILES string of the molecule is CC(C)(Cc1cccc2c1C=CS2(=O)=O)OC(=O)N1CCN(O)CC1. The van der Waals surface area contributed by atoms with E-state index < -0.39 is 21.5 Å². The van der Waals surface area contributed by atoms with E-state index in [1.54, 1.807) is 37.0 Å². The minimum atomic E-state index is -3.35. The Bertz CT molecular complexity index is 808. The minimum Gasteiger partial charge on any atom is -0.443 e. The number of sulfone groups is 1. The first-order valence-corrected chi connectivity index (χ1v) is 9.69. The Hall–Kier alpha value is -1.90. The summed E-state index contributed by atoms with van der Waals surface area (Å²) in [5.74, 6) is 0. The molecule has 0 spiro atoms. The highest BCUT2D eigenvalue weighted by Crippen LogP contribution is 2.32. The Balaban J connectivity index is 1.71. The van der Waals surface area contributed by atoms with Crippen LogP contribution in [0, 0.1) is 0 Å². The molecule has 0 aromatic heterocycles. The van der Waals surface area contributed by atoms with Crippen LogP contribution in [0.25, 0.3) is 6.08 Å². The summed E-state index contributed by atoms with van der Waals surface area (Å²) in [7, 11) is -3.35. The first kappa shape index (κ1) is 17.9. The van der Waals surface area contributed by atoms with Crippen LogP contribution in [0.1, 0.15) is 25.0 Å². The number of piperazine rings is 1. The Morgan fingerprint density at radius 1 is 1.24 bits per heavy atom. The van der Waals surface area contributed by atoms with Gasteiger partial charge in [0.2, 0.25) is 0 Å². The molecule has 2 aliphatic rings. The van der Waals surface area contributed by atoms with Crippen LogP contribution >= 0.6 is 0 Å². The smallest absolute Gasteiger partial charge is 0.410 e. The van der Waals surface area contributed by atoms with Crippen LogP contribution in [0.15, 0.2) is 28.5 Å². The van der Waals surface area contributed by atoms with Gasteiger partial charge in [0.05, 0.1) is 4.90 Å². The normalized spacial score (nSPS) is 19.7. The topological polar surface area (TPSA) is 87.2 Å². The van der Waals surface area contributed by atoms with Gasteiger partial charge >= 0.3 is 6.09 Å². The van der Waals surface area contributed by atoms with Crippen molar-refractivity contribution in [2.75, 3.05) is 26.2 Å². The van der Waals surface area contributed by atoms with E-state index in [2.05, 4.69) is 0 Å². The molecule has 3 rings (SSSR count). The van der Waals surface area contributed by atoms with Crippen LogP contribution < -0.4 is 0 Å². The average Bonchev–Trinajstić information content (AvgIpc) is 2.84. The van der Waals surface area contributed by atoms with E-state index in [0.717, 1.165) is 5.56 Å². The Labute approximate surface area is 147 Å². The largest absolute Gasteiger partial charge is 0.443 e. The molecule has 7 nitrogen and oxygen atoms in total. The van der Waals surface area contributed by atoms with Gasteiger partial charge in [-0.2, -0.15) is 5.06 Å². The van der Waals surface area contributed by atoms with Gasteiger partial charge in [-0.15, -0.1) is 0 Å². The summed E-state index contributed by atoms with van der Waals surface area (Å²) in [5, 5.41) is 11.7. The second-order valence-electron chi connectivity index (χ2n) is 6.92. The molecule has 1 aromatic carbocycles. The van der Waals surface area contributed by atoms with E-state index in [-0.39, 0.29) is 0 Å². The maximum Gasteiger partial charge on any atom is 0.410 e. The van der Waals surface area contributed by atoms with Gasteiger partial charge in [0.25, 0.3) is 0 Å². The number of rotatable bonds is 3. The summed E-state index contributed by atoms with van der Waals surface area (Å²) in [6.45, 7) is 5.22. The summed E-state index contributed by atoms with van der Waals surface area (Å²) in [6, 6.07) is 5.14. The molecule has 1 amide bonds. The van der Waals surface area contributed by atoms with E-state index in [1.165, 1.54) is 10.5 Å². The van der Waals surface area contributed by atoms with Crippen LogP contribution in [0.5, 0.6) is 0 Å². The van der Waals surface area contributed by atoms with Crippen molar-refractivity contribution in [3.63, 3.8) is 0 Å². The standard InChI is InChI=1S/C17H22N2O5S/c1-17(2,24-16(20)18-7-9-19(21)10-8-18)12-13-4-3-5-15-14(13)6-11-25(15,22)23/h3-6,11,21H,7-10,12H2,1-2H3. The Morgan fingerprint density at radius 3 is 2.60 bits per heavy atom. The van der Waals surface area contributed by atoms with Gasteiger partial charge in [-0.25, -0.2) is 13.2 Å². The number of ether oxygens (including phenoxy) is 1. The zero-order valence-electron chi connectivity index (χ0n) is 14.3. The quantitative estimate of drug-likeness (QED) is 0.879. The number of hydrogen-bond acceptors (Lipinski definition) is 6. The highest BCUT2D eigenvalue weighted by molar-refractivity contribution is 7.94. The molecule has 25 heavy (non-hydrogen) atoms. The number of benzene rings is 1. The fraction of sp³-hybridized carbons (Fsp3) is 0.471. The van der Waals surface area contributed by atoms with Crippen LogP contribution in [-0.4, -0.2) is 61.5 Å². The van der Waals surface area contributed by atoms with Crippen LogP contribution in [-0.2, 0) is 21.0 Å². The number of amides is 1. The minimum absolute atomic E-state index is 0.297. The summed E-state index contributed by atoms with van der Waals surface area (Å²) in [6.07, 6.45) is 1.58. The summed E-state index contributed by atoms with van der Waals surface area (Å²) < 4.78 is 29.6. The second kappa shape index (κ2) is 6.44. The summed E-state index contributed by atoms with van der Waals surface area (Å²) >= 11 is 0. The Kier molecular flexibility index (Phi) is 4.61. The molecule has 2 heterocycles. The number of fused-ring (bicyclic) bond motifs is 1. The molecule has 0 radical (unpaired) electrons. The Morgan fingerprint density at radius 2 is 1.92 bits per heavy atom. The van der Waals surface area contributed by atoms with Gasteiger partial charge in [-0.1, -0.05) is 12.1 Å². The fourth-order valence-corrected chi connectivity index (χ4v) is 4.32. The summed E-state index contributed by atoms with van der Waals surface area (Å²) in [4.78, 5) is 14.2. The molecular formula is C17H22N2O5S. The number of hydrogen-bond donors (Lipinski definition) is 1. The van der Waals surface area contributed by atoms with Gasteiger partial charge < -0.3 is 14.8 Å². The van der Waals surface area contributed by atoms with E-state index in [0.29, 0.717) is 43.1 Å². The number of nitrogens with zero attached hydrogens (tertiary/aromatic N) is 2. The number of carbonyl (C=O) groups is 1. The van der Waals surface area contributed by atoms with Crippen LogP contribution in [0.4, 0.5) is 4.79 Å². The molecule has 1 fully saturated rings. The van der Waals surface area contributed by atoms with E-state index in [9.17, 15) is 18.4 Å². The lowest BCUT2D eigenvalue weighted by atomic mass is 9.94. The van der Waals surface area contributed by atoms with Gasteiger partial charge in [0.15, 0.2) is 9.84 Å². The van der Waals surface area contributed by atoms with Crippen LogP contribution in [0.3, 0.4) is 0 Å². The predicted octanol–water partition coefficient (Wildman–Crippen LogP) is 1.91. The van der Waals surface area contributed by atoms with Crippen molar-refractivity contribution in [1.29, 1.82) is 0 Å². The number of hydroxylamine groups is 2. The number of carbonyl (C=O) groups excluding carboxylic acids is 1. The molecule has 0 saturated carbocycles. The third-order valence-corrected chi connectivity index (χ3v) is 5.83. The lowest BCUT2D eigenvalue weighted by Gasteiger charge is -2.34. The molecule has 0 aliphatic carbocycles. The predicted molar refractivity (Wildman–Crippen MR) is 91.9 cm³/mol. The molecule has 1 N–H and O–H groups in total. The molecule has 0 bridgehead atoms. The highest BCUT2D eigenvalue weighted by atomic mass is 32.2.